The number of carboxylic acids is 1. The number of aliphatic carboxylic acids is 1. The SMILES string of the molecule is COc1cc(C)c(S(=O)N(CCOCC(=O)O)C2CC2)c(C)c1. The van der Waals surface area contributed by atoms with Gasteiger partial charge in [0.25, 0.3) is 0 Å². The zero-order valence-corrected chi connectivity index (χ0v) is 14.5. The number of methoxy groups -OCH3 is 1. The lowest BCUT2D eigenvalue weighted by Crippen LogP contribution is -2.33. The predicted molar refractivity (Wildman–Crippen MR) is 87.1 cm³/mol. The minimum atomic E-state index is -1.29. The Bertz CT molecular complexity index is 577. The first-order valence-electron chi connectivity index (χ1n) is 7.57. The quantitative estimate of drug-likeness (QED) is 0.694. The molecular weight excluding hydrogens is 318 g/mol. The van der Waals surface area contributed by atoms with Crippen LogP contribution in [0.2, 0.25) is 0 Å². The second-order valence-corrected chi connectivity index (χ2v) is 7.03. The molecular formula is C16H23NO5S. The van der Waals surface area contributed by atoms with Gasteiger partial charge in [-0.3, -0.25) is 0 Å². The van der Waals surface area contributed by atoms with E-state index in [-0.39, 0.29) is 19.3 Å². The number of hydrogen-bond donors (Lipinski definition) is 1. The summed E-state index contributed by atoms with van der Waals surface area (Å²) in [5.41, 5.74) is 1.86. The molecule has 1 saturated carbocycles. The number of carboxylic acid groups (broad SMARTS) is 1. The Balaban J connectivity index is 2.10. The van der Waals surface area contributed by atoms with Gasteiger partial charge in [-0.15, -0.1) is 0 Å². The first kappa shape index (κ1) is 17.9. The number of carbonyl (C=O) groups is 1. The van der Waals surface area contributed by atoms with Crippen LogP contribution in [0.25, 0.3) is 0 Å². The normalized spacial score (nSPS) is 15.7. The fourth-order valence-corrected chi connectivity index (χ4v) is 4.12. The molecule has 1 aliphatic rings. The summed E-state index contributed by atoms with van der Waals surface area (Å²) < 4.78 is 25.3. The van der Waals surface area contributed by atoms with Crippen molar-refractivity contribution in [1.82, 2.24) is 4.31 Å². The van der Waals surface area contributed by atoms with E-state index in [1.807, 2.05) is 30.3 Å². The maximum atomic E-state index is 13.0. The van der Waals surface area contributed by atoms with Gasteiger partial charge in [0.15, 0.2) is 0 Å². The van der Waals surface area contributed by atoms with Gasteiger partial charge in [0.1, 0.15) is 23.3 Å². The Labute approximate surface area is 139 Å². The molecule has 1 aromatic rings. The number of benzene rings is 1. The first-order chi connectivity index (χ1) is 10.9. The smallest absolute Gasteiger partial charge is 0.329 e. The summed E-state index contributed by atoms with van der Waals surface area (Å²) in [6.07, 6.45) is 2.03. The third kappa shape index (κ3) is 4.76. The van der Waals surface area contributed by atoms with Crippen LogP contribution in [0.1, 0.15) is 24.0 Å². The lowest BCUT2D eigenvalue weighted by Gasteiger charge is -2.23. The number of aryl methyl sites for hydroxylation is 2. The number of hydrogen-bond acceptors (Lipinski definition) is 4. The number of nitrogens with zero attached hydrogens (tertiary/aromatic N) is 1. The summed E-state index contributed by atoms with van der Waals surface area (Å²) >= 11 is 0. The lowest BCUT2D eigenvalue weighted by atomic mass is 10.1. The van der Waals surface area contributed by atoms with E-state index in [1.165, 1.54) is 0 Å². The van der Waals surface area contributed by atoms with Crippen molar-refractivity contribution in [3.63, 3.8) is 0 Å². The summed E-state index contributed by atoms with van der Waals surface area (Å²) in [7, 11) is 0.326. The van der Waals surface area contributed by atoms with Crippen molar-refractivity contribution in [3.05, 3.63) is 23.3 Å². The van der Waals surface area contributed by atoms with Crippen LogP contribution in [0.4, 0.5) is 0 Å². The molecule has 1 fully saturated rings. The highest BCUT2D eigenvalue weighted by molar-refractivity contribution is 7.82. The van der Waals surface area contributed by atoms with Crippen LogP contribution in [-0.2, 0) is 20.5 Å². The van der Waals surface area contributed by atoms with Gasteiger partial charge in [-0.2, -0.15) is 0 Å². The molecule has 0 heterocycles. The third-order valence-corrected chi connectivity index (χ3v) is 5.59. The minimum absolute atomic E-state index is 0.253. The molecule has 23 heavy (non-hydrogen) atoms. The van der Waals surface area contributed by atoms with E-state index in [0.29, 0.717) is 6.54 Å². The maximum Gasteiger partial charge on any atom is 0.329 e. The molecule has 0 aliphatic heterocycles. The average Bonchev–Trinajstić information content (AvgIpc) is 3.30. The molecule has 1 N–H and O–H groups in total. The van der Waals surface area contributed by atoms with Crippen molar-refractivity contribution in [2.45, 2.75) is 37.6 Å². The minimum Gasteiger partial charge on any atom is -0.497 e. The fourth-order valence-electron chi connectivity index (χ4n) is 2.50. The summed E-state index contributed by atoms with van der Waals surface area (Å²) in [5.74, 6) is -0.241. The molecule has 0 amide bonds. The van der Waals surface area contributed by atoms with Gasteiger partial charge in [-0.1, -0.05) is 0 Å². The molecule has 1 atom stereocenters. The highest BCUT2D eigenvalue weighted by Gasteiger charge is 2.34. The van der Waals surface area contributed by atoms with Crippen LogP contribution in [0.15, 0.2) is 17.0 Å². The van der Waals surface area contributed by atoms with Crippen LogP contribution in [0.5, 0.6) is 5.75 Å². The van der Waals surface area contributed by atoms with Crippen LogP contribution in [0.3, 0.4) is 0 Å². The van der Waals surface area contributed by atoms with Crippen molar-refractivity contribution in [2.75, 3.05) is 26.9 Å². The molecule has 0 saturated heterocycles. The van der Waals surface area contributed by atoms with Gasteiger partial charge < -0.3 is 14.6 Å². The number of rotatable bonds is 9. The molecule has 0 spiro atoms. The van der Waals surface area contributed by atoms with Gasteiger partial charge in [0.05, 0.1) is 18.6 Å². The lowest BCUT2D eigenvalue weighted by molar-refractivity contribution is -0.142. The van der Waals surface area contributed by atoms with Crippen molar-refractivity contribution in [3.8, 4) is 5.75 Å². The van der Waals surface area contributed by atoms with Crippen LogP contribution in [-0.4, -0.2) is 52.5 Å². The van der Waals surface area contributed by atoms with E-state index in [4.69, 9.17) is 14.6 Å². The first-order valence-corrected chi connectivity index (χ1v) is 8.68. The van der Waals surface area contributed by atoms with Crippen molar-refractivity contribution in [1.29, 1.82) is 0 Å². The third-order valence-electron chi connectivity index (χ3n) is 3.69. The predicted octanol–water partition coefficient (Wildman–Crippen LogP) is 1.90. The van der Waals surface area contributed by atoms with E-state index in [9.17, 15) is 9.00 Å². The Morgan fingerprint density at radius 3 is 2.43 bits per heavy atom. The van der Waals surface area contributed by atoms with Gasteiger partial charge in [0, 0.05) is 12.6 Å². The summed E-state index contributed by atoms with van der Waals surface area (Å²) in [6.45, 7) is 4.23. The Kier molecular flexibility index (Phi) is 6.15. The van der Waals surface area contributed by atoms with Crippen LogP contribution < -0.4 is 4.74 Å². The van der Waals surface area contributed by atoms with Gasteiger partial charge in [0.2, 0.25) is 0 Å². The fraction of sp³-hybridized carbons (Fsp3) is 0.562. The second kappa shape index (κ2) is 7.90. The summed E-state index contributed by atoms with van der Waals surface area (Å²) in [4.78, 5) is 11.3. The van der Waals surface area contributed by atoms with Crippen LogP contribution >= 0.6 is 0 Å². The largest absolute Gasteiger partial charge is 0.497 e. The molecule has 0 bridgehead atoms. The molecule has 1 unspecified atom stereocenters. The monoisotopic (exact) mass is 341 g/mol. The van der Waals surface area contributed by atoms with Crippen molar-refractivity contribution >= 4 is 17.0 Å². The van der Waals surface area contributed by atoms with E-state index in [2.05, 4.69) is 0 Å². The standard InChI is InChI=1S/C16H23NO5S/c1-11-8-14(21-3)9-12(2)16(11)23(20)17(13-4-5-13)6-7-22-10-15(18)19/h8-9,13H,4-7,10H2,1-3H3,(H,18,19). The van der Waals surface area contributed by atoms with Gasteiger partial charge >= 0.3 is 5.97 Å². The van der Waals surface area contributed by atoms with E-state index < -0.39 is 17.0 Å². The highest BCUT2D eigenvalue weighted by atomic mass is 32.2. The Morgan fingerprint density at radius 1 is 1.35 bits per heavy atom. The maximum absolute atomic E-state index is 13.0. The van der Waals surface area contributed by atoms with Crippen molar-refractivity contribution < 1.29 is 23.6 Å². The molecule has 2 rings (SSSR count). The Morgan fingerprint density at radius 2 is 1.96 bits per heavy atom. The molecule has 0 aromatic heterocycles. The molecule has 128 valence electrons. The second-order valence-electron chi connectivity index (χ2n) is 5.66. The van der Waals surface area contributed by atoms with Gasteiger partial charge in [-0.05, 0) is 49.9 Å². The topological polar surface area (TPSA) is 76.1 Å². The summed E-state index contributed by atoms with van der Waals surface area (Å²) in [5, 5.41) is 8.60. The van der Waals surface area contributed by atoms with E-state index in [1.54, 1.807) is 7.11 Å². The Hall–Kier alpha value is -1.44. The molecule has 1 aliphatic carbocycles. The van der Waals surface area contributed by atoms with Crippen molar-refractivity contribution in [2.24, 2.45) is 0 Å². The summed E-state index contributed by atoms with van der Waals surface area (Å²) in [6, 6.07) is 4.04. The average molecular weight is 341 g/mol. The highest BCUT2D eigenvalue weighted by Crippen LogP contribution is 2.33. The molecule has 0 radical (unpaired) electrons. The zero-order chi connectivity index (χ0) is 17.0. The molecule has 6 nitrogen and oxygen atoms in total. The van der Waals surface area contributed by atoms with Crippen LogP contribution in [0, 0.1) is 13.8 Å². The number of ether oxygens (including phenoxy) is 2. The van der Waals surface area contributed by atoms with E-state index in [0.717, 1.165) is 34.6 Å². The molecule has 7 heteroatoms. The molecule has 1 aromatic carbocycles. The van der Waals surface area contributed by atoms with Gasteiger partial charge in [-0.25, -0.2) is 13.3 Å². The zero-order valence-electron chi connectivity index (χ0n) is 13.7. The van der Waals surface area contributed by atoms with E-state index >= 15 is 0 Å².